The Hall–Kier alpha value is -4.87. The molecule has 0 radical (unpaired) electrons. The number of hydrogen-bond acceptors (Lipinski definition) is 0. The maximum absolute atomic E-state index is 3.90. The van der Waals surface area contributed by atoms with Crippen LogP contribution in [0.5, 0.6) is 0 Å². The molecule has 253 valence electrons. The van der Waals surface area contributed by atoms with Crippen molar-refractivity contribution in [3.8, 4) is 4.37 Å². The molecule has 0 bridgehead atoms. The zero-order chi connectivity index (χ0) is 35.5. The van der Waals surface area contributed by atoms with Gasteiger partial charge in [0.15, 0.2) is 0 Å². The van der Waals surface area contributed by atoms with Crippen LogP contribution in [0.3, 0.4) is 0 Å². The predicted molar refractivity (Wildman–Crippen MR) is 226 cm³/mol. The molecule has 1 aliphatic carbocycles. The molecule has 52 heavy (non-hydrogen) atoms. The molecule has 2 heteroatoms. The number of allylic oxidation sites excluding steroid dienone is 8. The summed E-state index contributed by atoms with van der Waals surface area (Å²) in [6.45, 7) is 4.27. The summed E-state index contributed by atoms with van der Waals surface area (Å²) < 4.78 is 3.90. The van der Waals surface area contributed by atoms with E-state index in [1.807, 2.05) is 17.9 Å². The summed E-state index contributed by atoms with van der Waals surface area (Å²) in [7, 11) is -2.37. The summed E-state index contributed by atoms with van der Waals surface area (Å²) in [4.78, 5) is 0. The van der Waals surface area contributed by atoms with Gasteiger partial charge in [-0.15, -0.1) is 0 Å². The Labute approximate surface area is 318 Å². The molecule has 1 saturated carbocycles. The van der Waals surface area contributed by atoms with Gasteiger partial charge in [-0.1, -0.05) is 12.2 Å². The quantitative estimate of drug-likeness (QED) is 0.0811. The summed E-state index contributed by atoms with van der Waals surface area (Å²) >= 11 is 1.86. The van der Waals surface area contributed by atoms with E-state index >= 15 is 0 Å². The van der Waals surface area contributed by atoms with Gasteiger partial charge in [-0.05, 0) is 12.5 Å². The van der Waals surface area contributed by atoms with Crippen molar-refractivity contribution >= 4 is 67.6 Å². The van der Waals surface area contributed by atoms with E-state index in [4.69, 9.17) is 0 Å². The molecule has 0 spiro atoms. The van der Waals surface area contributed by atoms with Gasteiger partial charge in [0.2, 0.25) is 0 Å². The van der Waals surface area contributed by atoms with E-state index in [9.17, 15) is 0 Å². The predicted octanol–water partition coefficient (Wildman–Crippen LogP) is 12.4. The van der Waals surface area contributed by atoms with Crippen LogP contribution in [0.1, 0.15) is 44.2 Å². The van der Waals surface area contributed by atoms with Crippen molar-refractivity contribution in [2.45, 2.75) is 33.1 Å². The van der Waals surface area contributed by atoms with E-state index in [-0.39, 0.29) is 0 Å². The van der Waals surface area contributed by atoms with Crippen LogP contribution in [0.4, 0.5) is 0 Å². The first kappa shape index (κ1) is 34.2. The van der Waals surface area contributed by atoms with Crippen molar-refractivity contribution in [1.29, 1.82) is 0 Å². The van der Waals surface area contributed by atoms with Gasteiger partial charge in [0.05, 0.1) is 0 Å². The Morgan fingerprint density at radius 2 is 1.02 bits per heavy atom. The van der Waals surface area contributed by atoms with E-state index < -0.39 is 7.26 Å². The third kappa shape index (κ3) is 6.19. The van der Waals surface area contributed by atoms with Gasteiger partial charge in [0.1, 0.15) is 0 Å². The normalized spacial score (nSPS) is 15.9. The summed E-state index contributed by atoms with van der Waals surface area (Å²) in [6, 6.07) is 52.1. The third-order valence-electron chi connectivity index (χ3n) is 10.5. The van der Waals surface area contributed by atoms with Crippen LogP contribution in [0, 0.1) is 4.37 Å². The number of hydrogen-bond donors (Lipinski definition) is 0. The number of benzene rings is 7. The summed E-state index contributed by atoms with van der Waals surface area (Å²) in [5.74, 6) is 0. The zero-order valence-corrected chi connectivity index (χ0v) is 33.1. The van der Waals surface area contributed by atoms with Crippen molar-refractivity contribution < 1.29 is 17.9 Å². The minimum atomic E-state index is -2.37. The fourth-order valence-electron chi connectivity index (χ4n) is 8.22. The Bertz CT molecular complexity index is 2430. The molecule has 0 unspecified atom stereocenters. The zero-order valence-electron chi connectivity index (χ0n) is 29.7. The minimum absolute atomic E-state index is 1.10. The molecular weight excluding hydrogens is 822 g/mol. The van der Waals surface area contributed by atoms with Crippen LogP contribution >= 0.6 is 7.26 Å². The van der Waals surface area contributed by atoms with Crippen molar-refractivity contribution in [2.75, 3.05) is 0 Å². The Morgan fingerprint density at radius 3 is 1.44 bits per heavy atom. The van der Waals surface area contributed by atoms with Crippen molar-refractivity contribution in [2.24, 2.45) is 0 Å². The summed E-state index contributed by atoms with van der Waals surface area (Å²) in [6.07, 6.45) is 17.3. The molecule has 7 aromatic rings. The van der Waals surface area contributed by atoms with Gasteiger partial charge in [0.25, 0.3) is 0 Å². The molecule has 8 rings (SSSR count). The van der Waals surface area contributed by atoms with Gasteiger partial charge < -0.3 is 0 Å². The van der Waals surface area contributed by atoms with Crippen LogP contribution in [0.15, 0.2) is 186 Å². The summed E-state index contributed by atoms with van der Waals surface area (Å²) in [5, 5.41) is 13.1. The topological polar surface area (TPSA) is 0 Å². The number of rotatable bonds is 8. The van der Waals surface area contributed by atoms with E-state index in [1.165, 1.54) is 87.8 Å². The van der Waals surface area contributed by atoms with Crippen LogP contribution in [-0.4, -0.2) is 0 Å². The van der Waals surface area contributed by atoms with E-state index in [0.29, 0.717) is 0 Å². The van der Waals surface area contributed by atoms with Crippen LogP contribution < -0.4 is 15.9 Å². The van der Waals surface area contributed by atoms with Crippen molar-refractivity contribution in [1.82, 2.24) is 0 Å². The van der Waals surface area contributed by atoms with E-state index in [0.717, 1.165) is 12.8 Å². The van der Waals surface area contributed by atoms with E-state index in [2.05, 4.69) is 194 Å². The average molecular weight is 863 g/mol. The monoisotopic (exact) mass is 864 g/mol. The molecular formula is C50H41OsP+. The second kappa shape index (κ2) is 15.0. The molecule has 0 saturated heterocycles. The average Bonchev–Trinajstić information content (AvgIpc) is 3.66. The standard InChI is InChI=1S/C50H41P.Os/c1-4-16-37-31-42-27-29-44-33-38(34-45-30-28-43(32-37)49(42)50(44)45)25-26-40(35-41-18-15-17-39(41)5-2)36(3)51(46-19-9-6-10-20-46,47-21-11-7-12-22-47)48-23-13-8-14-24-48;/h4-14,16,19-35H,15,17-18H2,1-2H3;/q+1;/b16-4+,26-25+,39-5?,40-36?,41-35?;. The maximum atomic E-state index is 3.90. The Morgan fingerprint density at radius 1 is 0.577 bits per heavy atom. The van der Waals surface area contributed by atoms with Gasteiger partial charge in [0, 0.05) is 0 Å². The van der Waals surface area contributed by atoms with Crippen molar-refractivity contribution in [3.05, 3.63) is 197 Å². The molecule has 0 aromatic heterocycles. The fraction of sp³-hybridized carbons (Fsp3) is 0.100. The first-order valence-electron chi connectivity index (χ1n) is 18.2. The third-order valence-corrected chi connectivity index (χ3v) is 15.9. The molecule has 0 aliphatic heterocycles. The Kier molecular flexibility index (Phi) is 9.87. The first-order valence-corrected chi connectivity index (χ1v) is 21.3. The van der Waals surface area contributed by atoms with Crippen molar-refractivity contribution in [3.63, 3.8) is 0 Å². The van der Waals surface area contributed by atoms with Crippen LogP contribution in [0.25, 0.3) is 44.5 Å². The molecule has 0 N–H and O–H groups in total. The SMILES string of the molecule is CC=C1CCCC1=CC(/C=C/c1cc2ccc3cc(/C=C/C)cc4ccc(c1)c2c34)=C([C]#[Os])[P+](c1ccccc1)(c1ccccc1)c1ccccc1. The van der Waals surface area contributed by atoms with Crippen LogP contribution in [-0.2, 0) is 17.9 Å². The second-order valence-electron chi connectivity index (χ2n) is 13.6. The molecule has 0 nitrogen and oxygen atoms in total. The Balaban J connectivity index is 1.39. The molecule has 0 amide bonds. The molecule has 0 heterocycles. The van der Waals surface area contributed by atoms with Gasteiger partial charge in [-0.25, -0.2) is 0 Å². The van der Waals surface area contributed by atoms with Gasteiger partial charge >= 0.3 is 295 Å². The molecule has 7 aromatic carbocycles. The second-order valence-corrected chi connectivity index (χ2v) is 17.5. The van der Waals surface area contributed by atoms with Gasteiger partial charge in [-0.2, -0.15) is 0 Å². The summed E-state index contributed by atoms with van der Waals surface area (Å²) in [5.41, 5.74) is 6.59. The van der Waals surface area contributed by atoms with Gasteiger partial charge in [-0.3, -0.25) is 0 Å². The molecule has 1 fully saturated rings. The molecule has 1 aliphatic rings. The molecule has 0 atom stereocenters. The van der Waals surface area contributed by atoms with E-state index in [1.54, 1.807) is 0 Å². The first-order chi connectivity index (χ1) is 25.6. The fourth-order valence-corrected chi connectivity index (χ4v) is 14.0. The van der Waals surface area contributed by atoms with Crippen LogP contribution in [0.2, 0.25) is 0 Å².